The summed E-state index contributed by atoms with van der Waals surface area (Å²) in [6.45, 7) is 2.08. The Balaban J connectivity index is 2.02. The highest BCUT2D eigenvalue weighted by Crippen LogP contribution is 2.45. The van der Waals surface area contributed by atoms with Gasteiger partial charge >= 0.3 is 5.97 Å². The first-order valence-corrected chi connectivity index (χ1v) is 7.73. The standard InChI is InChI=1S/C15H15Cl2NO3/c1-2-7-3-9(10(4-7)15(19)20)14-18-12-6-8(16)5-11(17)13(12)21-14/h5-7,9-10H,2-4H2,1H3,(H,19,20). The number of hydrogen-bond donors (Lipinski definition) is 1. The Bertz CT molecular complexity index is 698. The number of nitrogens with zero attached hydrogens (tertiary/aromatic N) is 1. The van der Waals surface area contributed by atoms with Gasteiger partial charge in [-0.1, -0.05) is 36.5 Å². The highest BCUT2D eigenvalue weighted by molar-refractivity contribution is 6.37. The molecule has 1 saturated carbocycles. The maximum atomic E-state index is 11.5. The zero-order valence-corrected chi connectivity index (χ0v) is 13.0. The van der Waals surface area contributed by atoms with Gasteiger partial charge < -0.3 is 9.52 Å². The lowest BCUT2D eigenvalue weighted by atomic mass is 9.96. The monoisotopic (exact) mass is 327 g/mol. The first-order chi connectivity index (χ1) is 9.99. The van der Waals surface area contributed by atoms with Crippen molar-refractivity contribution in [2.24, 2.45) is 11.8 Å². The first kappa shape index (κ1) is 14.7. The number of benzene rings is 1. The van der Waals surface area contributed by atoms with Gasteiger partial charge in [0.05, 0.1) is 10.9 Å². The van der Waals surface area contributed by atoms with E-state index in [0.717, 1.165) is 12.8 Å². The molecule has 1 aliphatic rings. The molecule has 1 aromatic heterocycles. The van der Waals surface area contributed by atoms with Crippen LogP contribution < -0.4 is 0 Å². The van der Waals surface area contributed by atoms with Gasteiger partial charge in [0.2, 0.25) is 0 Å². The predicted octanol–water partition coefficient (Wildman–Crippen LogP) is 4.74. The molecule has 3 atom stereocenters. The third-order valence-electron chi connectivity index (χ3n) is 4.30. The zero-order valence-electron chi connectivity index (χ0n) is 11.5. The fourth-order valence-corrected chi connectivity index (χ4v) is 3.68. The van der Waals surface area contributed by atoms with Crippen LogP contribution in [0.1, 0.15) is 38.0 Å². The number of carbonyl (C=O) groups is 1. The fraction of sp³-hybridized carbons (Fsp3) is 0.467. The molecule has 3 unspecified atom stereocenters. The number of hydrogen-bond acceptors (Lipinski definition) is 3. The summed E-state index contributed by atoms with van der Waals surface area (Å²) in [4.78, 5) is 15.9. The van der Waals surface area contributed by atoms with Crippen LogP contribution in [0.25, 0.3) is 11.1 Å². The minimum absolute atomic E-state index is 0.199. The molecule has 112 valence electrons. The van der Waals surface area contributed by atoms with E-state index in [1.165, 1.54) is 0 Å². The summed E-state index contributed by atoms with van der Waals surface area (Å²) in [6, 6.07) is 3.27. The van der Waals surface area contributed by atoms with E-state index in [1.807, 2.05) is 0 Å². The molecule has 1 aromatic carbocycles. The molecule has 1 heterocycles. The molecule has 2 aromatic rings. The fourth-order valence-electron chi connectivity index (χ4n) is 3.16. The van der Waals surface area contributed by atoms with E-state index in [0.29, 0.717) is 39.4 Å². The summed E-state index contributed by atoms with van der Waals surface area (Å²) >= 11 is 12.1. The topological polar surface area (TPSA) is 63.3 Å². The molecular weight excluding hydrogens is 313 g/mol. The molecule has 1 fully saturated rings. The Hall–Kier alpha value is -1.26. The van der Waals surface area contributed by atoms with E-state index in [9.17, 15) is 9.90 Å². The van der Waals surface area contributed by atoms with E-state index < -0.39 is 11.9 Å². The number of aromatic nitrogens is 1. The van der Waals surface area contributed by atoms with Gasteiger partial charge in [0, 0.05) is 10.9 Å². The number of aliphatic carboxylic acids is 1. The second-order valence-electron chi connectivity index (χ2n) is 5.58. The molecule has 21 heavy (non-hydrogen) atoms. The van der Waals surface area contributed by atoms with E-state index in [2.05, 4.69) is 11.9 Å². The molecule has 0 spiro atoms. The van der Waals surface area contributed by atoms with Gasteiger partial charge in [-0.05, 0) is 30.9 Å². The Morgan fingerprint density at radius 1 is 1.43 bits per heavy atom. The van der Waals surface area contributed by atoms with Gasteiger partial charge in [0.25, 0.3) is 0 Å². The maximum absolute atomic E-state index is 11.5. The lowest BCUT2D eigenvalue weighted by Gasteiger charge is -2.10. The Morgan fingerprint density at radius 3 is 2.86 bits per heavy atom. The molecule has 4 nitrogen and oxygen atoms in total. The van der Waals surface area contributed by atoms with Crippen LogP contribution in [0.5, 0.6) is 0 Å². The van der Waals surface area contributed by atoms with Gasteiger partial charge in [-0.15, -0.1) is 0 Å². The van der Waals surface area contributed by atoms with E-state index in [4.69, 9.17) is 27.6 Å². The van der Waals surface area contributed by atoms with Gasteiger partial charge in [-0.25, -0.2) is 4.98 Å². The summed E-state index contributed by atoms with van der Waals surface area (Å²) in [6.07, 6.45) is 2.42. The van der Waals surface area contributed by atoms with Crippen molar-refractivity contribution in [3.05, 3.63) is 28.1 Å². The van der Waals surface area contributed by atoms with Crippen molar-refractivity contribution >= 4 is 40.3 Å². The lowest BCUT2D eigenvalue weighted by molar-refractivity contribution is -0.142. The second kappa shape index (κ2) is 5.50. The van der Waals surface area contributed by atoms with Crippen molar-refractivity contribution in [3.63, 3.8) is 0 Å². The summed E-state index contributed by atoms with van der Waals surface area (Å²) < 4.78 is 5.75. The highest BCUT2D eigenvalue weighted by atomic mass is 35.5. The van der Waals surface area contributed by atoms with Crippen molar-refractivity contribution in [1.29, 1.82) is 0 Å². The van der Waals surface area contributed by atoms with Gasteiger partial charge in [-0.3, -0.25) is 4.79 Å². The Morgan fingerprint density at radius 2 is 2.19 bits per heavy atom. The Labute approximate surface area is 132 Å². The van der Waals surface area contributed by atoms with Gasteiger partial charge in [0.15, 0.2) is 11.5 Å². The molecule has 0 saturated heterocycles. The van der Waals surface area contributed by atoms with Crippen LogP contribution in [0, 0.1) is 11.8 Å². The van der Waals surface area contributed by atoms with Crippen LogP contribution in [-0.4, -0.2) is 16.1 Å². The molecule has 1 aliphatic carbocycles. The largest absolute Gasteiger partial charge is 0.481 e. The number of halogens is 2. The van der Waals surface area contributed by atoms with Crippen LogP contribution in [0.2, 0.25) is 10.0 Å². The number of fused-ring (bicyclic) bond motifs is 1. The summed E-state index contributed by atoms with van der Waals surface area (Å²) in [5.41, 5.74) is 1.05. The minimum Gasteiger partial charge on any atom is -0.481 e. The van der Waals surface area contributed by atoms with Gasteiger partial charge in [-0.2, -0.15) is 0 Å². The summed E-state index contributed by atoms with van der Waals surface area (Å²) in [5.74, 6) is -0.586. The normalized spacial score (nSPS) is 25.6. The third-order valence-corrected chi connectivity index (χ3v) is 4.80. The lowest BCUT2D eigenvalue weighted by Crippen LogP contribution is -2.17. The highest BCUT2D eigenvalue weighted by Gasteiger charge is 2.41. The van der Waals surface area contributed by atoms with Crippen molar-refractivity contribution in [3.8, 4) is 0 Å². The van der Waals surface area contributed by atoms with E-state index in [1.54, 1.807) is 12.1 Å². The molecule has 1 N–H and O–H groups in total. The summed E-state index contributed by atoms with van der Waals surface area (Å²) in [7, 11) is 0. The van der Waals surface area contributed by atoms with E-state index >= 15 is 0 Å². The van der Waals surface area contributed by atoms with Crippen molar-refractivity contribution in [1.82, 2.24) is 4.98 Å². The van der Waals surface area contributed by atoms with Crippen LogP contribution in [0.3, 0.4) is 0 Å². The number of carboxylic acid groups (broad SMARTS) is 1. The zero-order chi connectivity index (χ0) is 15.1. The molecule has 0 bridgehead atoms. The molecule has 3 rings (SSSR count). The summed E-state index contributed by atoms with van der Waals surface area (Å²) in [5, 5.41) is 10.3. The number of carboxylic acids is 1. The smallest absolute Gasteiger partial charge is 0.307 e. The van der Waals surface area contributed by atoms with Crippen LogP contribution in [0.15, 0.2) is 16.5 Å². The van der Waals surface area contributed by atoms with Crippen LogP contribution in [-0.2, 0) is 4.79 Å². The molecule has 6 heteroatoms. The van der Waals surface area contributed by atoms with E-state index in [-0.39, 0.29) is 5.92 Å². The average molecular weight is 328 g/mol. The average Bonchev–Trinajstić information content (AvgIpc) is 3.01. The molecule has 0 radical (unpaired) electrons. The maximum Gasteiger partial charge on any atom is 0.307 e. The van der Waals surface area contributed by atoms with Crippen molar-refractivity contribution in [2.75, 3.05) is 0 Å². The van der Waals surface area contributed by atoms with Crippen LogP contribution in [0.4, 0.5) is 0 Å². The quantitative estimate of drug-likeness (QED) is 0.884. The van der Waals surface area contributed by atoms with Crippen molar-refractivity contribution in [2.45, 2.75) is 32.1 Å². The first-order valence-electron chi connectivity index (χ1n) is 6.97. The minimum atomic E-state index is -0.790. The second-order valence-corrected chi connectivity index (χ2v) is 6.43. The molecular formula is C15H15Cl2NO3. The molecule has 0 amide bonds. The van der Waals surface area contributed by atoms with Gasteiger partial charge in [0.1, 0.15) is 5.52 Å². The Kier molecular flexibility index (Phi) is 3.84. The molecule has 0 aliphatic heterocycles. The number of rotatable bonds is 3. The van der Waals surface area contributed by atoms with Crippen LogP contribution >= 0.6 is 23.2 Å². The third kappa shape index (κ3) is 2.62. The SMILES string of the molecule is CCC1CC(C(=O)O)C(c2nc3cc(Cl)cc(Cl)c3o2)C1. The number of oxazole rings is 1. The van der Waals surface area contributed by atoms with Crippen molar-refractivity contribution < 1.29 is 14.3 Å². The predicted molar refractivity (Wildman–Crippen MR) is 80.9 cm³/mol.